The zero-order valence-corrected chi connectivity index (χ0v) is 10.3. The number of nitro benzene ring substituents is 1. The van der Waals surface area contributed by atoms with E-state index in [9.17, 15) is 10.1 Å². The van der Waals surface area contributed by atoms with Crippen molar-refractivity contribution in [3.63, 3.8) is 0 Å². The van der Waals surface area contributed by atoms with Gasteiger partial charge in [-0.2, -0.15) is 0 Å². The first-order valence-electron chi connectivity index (χ1n) is 5.65. The van der Waals surface area contributed by atoms with Gasteiger partial charge in [-0.3, -0.25) is 10.1 Å². The van der Waals surface area contributed by atoms with Crippen LogP contribution in [0.1, 0.15) is 24.2 Å². The molecule has 0 saturated carbocycles. The molecule has 0 bridgehead atoms. The quantitative estimate of drug-likeness (QED) is 0.611. The number of benzene rings is 1. The van der Waals surface area contributed by atoms with Gasteiger partial charge in [-0.05, 0) is 11.5 Å². The molecule has 0 aliphatic heterocycles. The van der Waals surface area contributed by atoms with Crippen LogP contribution in [0, 0.1) is 10.1 Å². The fourth-order valence-electron chi connectivity index (χ4n) is 1.83. The molecular weight excluding hydrogens is 232 g/mol. The average Bonchev–Trinajstić information content (AvgIpc) is 2.75. The van der Waals surface area contributed by atoms with E-state index < -0.39 is 0 Å². The Morgan fingerprint density at radius 3 is 2.89 bits per heavy atom. The molecule has 6 nitrogen and oxygen atoms in total. The van der Waals surface area contributed by atoms with E-state index in [1.165, 1.54) is 6.07 Å². The summed E-state index contributed by atoms with van der Waals surface area (Å²) in [5.74, 6) is 1.03. The van der Waals surface area contributed by atoms with Crippen LogP contribution in [-0.2, 0) is 13.5 Å². The van der Waals surface area contributed by atoms with E-state index in [0.29, 0.717) is 6.42 Å². The monoisotopic (exact) mass is 246 g/mol. The Balaban J connectivity index is 2.18. The summed E-state index contributed by atoms with van der Waals surface area (Å²) in [4.78, 5) is 10.3. The highest BCUT2D eigenvalue weighted by Gasteiger charge is 2.13. The SMILES string of the molecule is C[C@H](Cc1nncn1C)c1cccc([N+](=O)[O-])c1. The van der Waals surface area contributed by atoms with Gasteiger partial charge in [0.25, 0.3) is 5.69 Å². The minimum absolute atomic E-state index is 0.123. The van der Waals surface area contributed by atoms with E-state index in [0.717, 1.165) is 11.4 Å². The van der Waals surface area contributed by atoms with Gasteiger partial charge in [-0.25, -0.2) is 0 Å². The van der Waals surface area contributed by atoms with Crippen molar-refractivity contribution in [3.8, 4) is 0 Å². The fraction of sp³-hybridized carbons (Fsp3) is 0.333. The molecule has 0 aliphatic rings. The lowest BCUT2D eigenvalue weighted by Crippen LogP contribution is -2.04. The number of rotatable bonds is 4. The molecule has 94 valence electrons. The van der Waals surface area contributed by atoms with Crippen LogP contribution in [0.2, 0.25) is 0 Å². The second kappa shape index (κ2) is 4.95. The number of hydrogen-bond acceptors (Lipinski definition) is 4. The molecule has 0 N–H and O–H groups in total. The van der Waals surface area contributed by atoms with Crippen LogP contribution < -0.4 is 0 Å². The lowest BCUT2D eigenvalue weighted by Gasteiger charge is -2.10. The summed E-state index contributed by atoms with van der Waals surface area (Å²) in [6, 6.07) is 6.72. The molecule has 0 amide bonds. The van der Waals surface area contributed by atoms with Gasteiger partial charge >= 0.3 is 0 Å². The van der Waals surface area contributed by atoms with Gasteiger partial charge in [-0.15, -0.1) is 10.2 Å². The Morgan fingerprint density at radius 1 is 1.50 bits per heavy atom. The van der Waals surface area contributed by atoms with Crippen molar-refractivity contribution in [2.24, 2.45) is 7.05 Å². The molecule has 0 fully saturated rings. The van der Waals surface area contributed by atoms with Crippen LogP contribution >= 0.6 is 0 Å². The van der Waals surface area contributed by atoms with Crippen molar-refractivity contribution in [2.75, 3.05) is 0 Å². The molecular formula is C12H14N4O2. The Bertz CT molecular complexity index is 565. The molecule has 0 unspecified atom stereocenters. The largest absolute Gasteiger partial charge is 0.321 e. The van der Waals surface area contributed by atoms with E-state index >= 15 is 0 Å². The normalized spacial score (nSPS) is 12.3. The maximum Gasteiger partial charge on any atom is 0.269 e. The highest BCUT2D eigenvalue weighted by molar-refractivity contribution is 5.36. The van der Waals surface area contributed by atoms with Crippen LogP contribution in [0.15, 0.2) is 30.6 Å². The van der Waals surface area contributed by atoms with Gasteiger partial charge in [0.15, 0.2) is 0 Å². The van der Waals surface area contributed by atoms with Gasteiger partial charge in [0, 0.05) is 25.6 Å². The summed E-state index contributed by atoms with van der Waals surface area (Å²) in [5, 5.41) is 18.6. The maximum atomic E-state index is 10.7. The highest BCUT2D eigenvalue weighted by Crippen LogP contribution is 2.23. The number of nitro groups is 1. The molecule has 0 spiro atoms. The van der Waals surface area contributed by atoms with E-state index in [2.05, 4.69) is 10.2 Å². The summed E-state index contributed by atoms with van der Waals surface area (Å²) < 4.78 is 1.86. The van der Waals surface area contributed by atoms with Crippen molar-refractivity contribution in [3.05, 3.63) is 52.1 Å². The lowest BCUT2D eigenvalue weighted by atomic mass is 9.97. The zero-order valence-electron chi connectivity index (χ0n) is 10.3. The predicted octanol–water partition coefficient (Wildman–Crippen LogP) is 2.07. The van der Waals surface area contributed by atoms with Gasteiger partial charge in [0.2, 0.25) is 0 Å². The Labute approximate surface area is 104 Å². The molecule has 1 aromatic carbocycles. The molecule has 2 rings (SSSR count). The highest BCUT2D eigenvalue weighted by atomic mass is 16.6. The minimum Gasteiger partial charge on any atom is -0.321 e. The van der Waals surface area contributed by atoms with Crippen LogP contribution in [-0.4, -0.2) is 19.7 Å². The molecule has 0 aliphatic carbocycles. The van der Waals surface area contributed by atoms with Gasteiger partial charge in [0.1, 0.15) is 12.2 Å². The number of aromatic nitrogens is 3. The second-order valence-electron chi connectivity index (χ2n) is 4.32. The van der Waals surface area contributed by atoms with Crippen molar-refractivity contribution in [1.29, 1.82) is 0 Å². The zero-order chi connectivity index (χ0) is 13.1. The average molecular weight is 246 g/mol. The molecule has 2 aromatic rings. The van der Waals surface area contributed by atoms with Crippen molar-refractivity contribution in [1.82, 2.24) is 14.8 Å². The van der Waals surface area contributed by atoms with E-state index in [1.54, 1.807) is 18.5 Å². The molecule has 6 heteroatoms. The van der Waals surface area contributed by atoms with Crippen LogP contribution in [0.3, 0.4) is 0 Å². The Kier molecular flexibility index (Phi) is 3.36. The first-order valence-corrected chi connectivity index (χ1v) is 5.65. The smallest absolute Gasteiger partial charge is 0.269 e. The standard InChI is InChI=1S/C12H14N4O2/c1-9(6-12-14-13-8-15(12)2)10-4-3-5-11(7-10)16(17)18/h3-5,7-9H,6H2,1-2H3/t9-/m1/s1. The third kappa shape index (κ3) is 2.53. The van der Waals surface area contributed by atoms with Crippen LogP contribution in [0.5, 0.6) is 0 Å². The van der Waals surface area contributed by atoms with Crippen molar-refractivity contribution >= 4 is 5.69 Å². The van der Waals surface area contributed by atoms with Crippen molar-refractivity contribution < 1.29 is 4.92 Å². The van der Waals surface area contributed by atoms with Gasteiger partial charge < -0.3 is 4.57 Å². The number of nitrogens with zero attached hydrogens (tertiary/aromatic N) is 4. The van der Waals surface area contributed by atoms with Crippen molar-refractivity contribution in [2.45, 2.75) is 19.3 Å². The fourth-order valence-corrected chi connectivity index (χ4v) is 1.83. The van der Waals surface area contributed by atoms with E-state index in [-0.39, 0.29) is 16.5 Å². The summed E-state index contributed by atoms with van der Waals surface area (Å²) in [5.41, 5.74) is 1.06. The topological polar surface area (TPSA) is 73.8 Å². The van der Waals surface area contributed by atoms with Crippen LogP contribution in [0.25, 0.3) is 0 Å². The summed E-state index contributed by atoms with van der Waals surface area (Å²) in [6.45, 7) is 2.02. The second-order valence-corrected chi connectivity index (χ2v) is 4.32. The Morgan fingerprint density at radius 2 is 2.28 bits per heavy atom. The molecule has 0 radical (unpaired) electrons. The first-order chi connectivity index (χ1) is 8.58. The summed E-state index contributed by atoms with van der Waals surface area (Å²) >= 11 is 0. The third-order valence-electron chi connectivity index (χ3n) is 2.94. The predicted molar refractivity (Wildman–Crippen MR) is 66.2 cm³/mol. The van der Waals surface area contributed by atoms with Crippen LogP contribution in [0.4, 0.5) is 5.69 Å². The first kappa shape index (κ1) is 12.2. The maximum absolute atomic E-state index is 10.7. The summed E-state index contributed by atoms with van der Waals surface area (Å²) in [6.07, 6.45) is 2.35. The summed E-state index contributed by atoms with van der Waals surface area (Å²) in [7, 11) is 1.88. The number of non-ortho nitro benzene ring substituents is 1. The van der Waals surface area contributed by atoms with Gasteiger partial charge in [-0.1, -0.05) is 19.1 Å². The molecule has 1 aromatic heterocycles. The van der Waals surface area contributed by atoms with E-state index in [1.807, 2.05) is 24.6 Å². The number of hydrogen-bond donors (Lipinski definition) is 0. The van der Waals surface area contributed by atoms with Gasteiger partial charge in [0.05, 0.1) is 4.92 Å². The molecule has 1 atom stereocenters. The molecule has 1 heterocycles. The van der Waals surface area contributed by atoms with E-state index in [4.69, 9.17) is 0 Å². The minimum atomic E-state index is -0.376. The lowest BCUT2D eigenvalue weighted by molar-refractivity contribution is -0.384. The third-order valence-corrected chi connectivity index (χ3v) is 2.94. The molecule has 0 saturated heterocycles. The number of aryl methyl sites for hydroxylation is 1. The Hall–Kier alpha value is -2.24. The molecule has 18 heavy (non-hydrogen) atoms.